The van der Waals surface area contributed by atoms with Crippen molar-refractivity contribution in [1.82, 2.24) is 10.2 Å². The molecule has 0 radical (unpaired) electrons. The van der Waals surface area contributed by atoms with Gasteiger partial charge >= 0.3 is 0 Å². The van der Waals surface area contributed by atoms with Gasteiger partial charge in [-0.05, 0) is 32.0 Å². The largest absolute Gasteiger partial charge is 0.493 e. The Hall–Kier alpha value is -1.26. The molecule has 110 valence electrons. The number of halogens is 1. The first kappa shape index (κ1) is 15.1. The molecule has 1 aromatic carbocycles. The Balaban J connectivity index is 1.77. The van der Waals surface area contributed by atoms with Gasteiger partial charge < -0.3 is 15.0 Å². The summed E-state index contributed by atoms with van der Waals surface area (Å²) in [4.78, 5) is 14.0. The highest BCUT2D eigenvalue weighted by molar-refractivity contribution is 6.30. The van der Waals surface area contributed by atoms with Crippen molar-refractivity contribution >= 4 is 17.5 Å². The third-order valence-electron chi connectivity index (χ3n) is 3.29. The van der Waals surface area contributed by atoms with Crippen LogP contribution in [0.3, 0.4) is 0 Å². The minimum atomic E-state index is 0.146. The molecule has 2 unspecified atom stereocenters. The maximum absolute atomic E-state index is 12.1. The summed E-state index contributed by atoms with van der Waals surface area (Å²) in [5, 5.41) is 4.05. The molecule has 1 aliphatic heterocycles. The van der Waals surface area contributed by atoms with Crippen LogP contribution >= 0.6 is 11.6 Å². The number of benzene rings is 1. The van der Waals surface area contributed by atoms with Gasteiger partial charge in [-0.25, -0.2) is 0 Å². The van der Waals surface area contributed by atoms with Gasteiger partial charge in [0.05, 0.1) is 13.0 Å². The number of carbonyl (C=O) groups excluding carboxylic acids is 1. The van der Waals surface area contributed by atoms with Crippen LogP contribution < -0.4 is 10.1 Å². The summed E-state index contributed by atoms with van der Waals surface area (Å²) < 4.78 is 5.55. The van der Waals surface area contributed by atoms with E-state index in [0.717, 1.165) is 13.1 Å². The van der Waals surface area contributed by atoms with Crippen molar-refractivity contribution in [3.05, 3.63) is 29.3 Å². The fourth-order valence-electron chi connectivity index (χ4n) is 2.50. The van der Waals surface area contributed by atoms with Crippen molar-refractivity contribution in [2.75, 3.05) is 19.7 Å². The normalized spacial score (nSPS) is 22.6. The van der Waals surface area contributed by atoms with E-state index in [-0.39, 0.29) is 5.91 Å². The summed E-state index contributed by atoms with van der Waals surface area (Å²) in [7, 11) is 0. The fraction of sp³-hybridized carbons (Fsp3) is 0.533. The molecule has 2 rings (SSSR count). The summed E-state index contributed by atoms with van der Waals surface area (Å²) >= 11 is 5.88. The van der Waals surface area contributed by atoms with Crippen LogP contribution in [0.1, 0.15) is 20.3 Å². The van der Waals surface area contributed by atoms with E-state index in [1.54, 1.807) is 12.1 Å². The van der Waals surface area contributed by atoms with Gasteiger partial charge in [-0.2, -0.15) is 0 Å². The molecular formula is C15H21ClN2O2. The Morgan fingerprint density at radius 1 is 1.40 bits per heavy atom. The number of amides is 1. The zero-order valence-corrected chi connectivity index (χ0v) is 12.7. The van der Waals surface area contributed by atoms with Gasteiger partial charge in [0.1, 0.15) is 5.75 Å². The number of nitrogens with one attached hydrogen (secondary N) is 1. The minimum absolute atomic E-state index is 0.146. The first-order valence-corrected chi connectivity index (χ1v) is 7.34. The zero-order chi connectivity index (χ0) is 14.5. The van der Waals surface area contributed by atoms with Gasteiger partial charge in [0, 0.05) is 30.2 Å². The second-order valence-electron chi connectivity index (χ2n) is 5.32. The molecule has 4 nitrogen and oxygen atoms in total. The highest BCUT2D eigenvalue weighted by atomic mass is 35.5. The molecule has 1 N–H and O–H groups in total. The van der Waals surface area contributed by atoms with Crippen LogP contribution in [0, 0.1) is 0 Å². The smallest absolute Gasteiger partial charge is 0.226 e. The van der Waals surface area contributed by atoms with E-state index in [1.165, 1.54) is 0 Å². The quantitative estimate of drug-likeness (QED) is 0.927. The molecular weight excluding hydrogens is 276 g/mol. The molecule has 5 heteroatoms. The van der Waals surface area contributed by atoms with Crippen molar-refractivity contribution in [3.63, 3.8) is 0 Å². The second-order valence-corrected chi connectivity index (χ2v) is 5.76. The molecule has 1 saturated heterocycles. The Morgan fingerprint density at radius 2 is 2.10 bits per heavy atom. The van der Waals surface area contributed by atoms with Crippen LogP contribution in [0.25, 0.3) is 0 Å². The van der Waals surface area contributed by atoms with Gasteiger partial charge in [-0.15, -0.1) is 0 Å². The lowest BCUT2D eigenvalue weighted by Gasteiger charge is -2.36. The molecule has 1 fully saturated rings. The summed E-state index contributed by atoms with van der Waals surface area (Å²) in [5.74, 6) is 0.847. The van der Waals surface area contributed by atoms with Crippen molar-refractivity contribution in [1.29, 1.82) is 0 Å². The average Bonchev–Trinajstić information content (AvgIpc) is 2.37. The highest BCUT2D eigenvalue weighted by Crippen LogP contribution is 2.17. The van der Waals surface area contributed by atoms with Crippen molar-refractivity contribution in [3.8, 4) is 5.75 Å². The monoisotopic (exact) mass is 296 g/mol. The number of nitrogens with zero attached hydrogens (tertiary/aromatic N) is 1. The number of hydrogen-bond acceptors (Lipinski definition) is 3. The van der Waals surface area contributed by atoms with Gasteiger partial charge in [0.2, 0.25) is 5.91 Å². The van der Waals surface area contributed by atoms with Crippen LogP contribution in [0.2, 0.25) is 5.02 Å². The highest BCUT2D eigenvalue weighted by Gasteiger charge is 2.24. The Bertz CT molecular complexity index is 457. The maximum atomic E-state index is 12.1. The molecule has 1 aromatic rings. The molecule has 0 saturated carbocycles. The lowest BCUT2D eigenvalue weighted by Crippen LogP contribution is -2.56. The van der Waals surface area contributed by atoms with E-state index >= 15 is 0 Å². The van der Waals surface area contributed by atoms with Crippen molar-refractivity contribution in [2.45, 2.75) is 32.4 Å². The van der Waals surface area contributed by atoms with Gasteiger partial charge in [-0.3, -0.25) is 4.79 Å². The van der Waals surface area contributed by atoms with Gasteiger partial charge in [0.25, 0.3) is 0 Å². The first-order chi connectivity index (χ1) is 9.54. The standard InChI is InChI=1S/C15H21ClN2O2/c1-11-9-18(10-12(2)17-11)15(19)6-7-20-14-5-3-4-13(16)8-14/h3-5,8,11-12,17H,6-7,9-10H2,1-2H3. The SMILES string of the molecule is CC1CN(C(=O)CCOc2cccc(Cl)c2)CC(C)N1. The summed E-state index contributed by atoms with van der Waals surface area (Å²) in [6.45, 7) is 6.10. The Labute approximate surface area is 125 Å². The third kappa shape index (κ3) is 4.39. The molecule has 1 aliphatic rings. The summed E-state index contributed by atoms with van der Waals surface area (Å²) in [6, 6.07) is 7.90. The average molecular weight is 297 g/mol. The molecule has 0 spiro atoms. The van der Waals surface area contributed by atoms with Crippen molar-refractivity contribution < 1.29 is 9.53 Å². The predicted molar refractivity (Wildman–Crippen MR) is 80.2 cm³/mol. The topological polar surface area (TPSA) is 41.6 Å². The van der Waals surface area contributed by atoms with E-state index in [9.17, 15) is 4.79 Å². The number of hydrogen-bond donors (Lipinski definition) is 1. The van der Waals surface area contributed by atoms with Gasteiger partial charge in [-0.1, -0.05) is 17.7 Å². The van der Waals surface area contributed by atoms with E-state index in [2.05, 4.69) is 19.2 Å². The van der Waals surface area contributed by atoms with Gasteiger partial charge in [0.15, 0.2) is 0 Å². The number of ether oxygens (including phenoxy) is 1. The lowest BCUT2D eigenvalue weighted by molar-refractivity contribution is -0.133. The maximum Gasteiger partial charge on any atom is 0.226 e. The van der Waals surface area contributed by atoms with Crippen LogP contribution in [-0.2, 0) is 4.79 Å². The van der Waals surface area contributed by atoms with Crippen LogP contribution in [0.15, 0.2) is 24.3 Å². The second kappa shape index (κ2) is 6.95. The van der Waals surface area contributed by atoms with E-state index in [0.29, 0.717) is 35.9 Å². The first-order valence-electron chi connectivity index (χ1n) is 6.97. The van der Waals surface area contributed by atoms with E-state index in [1.807, 2.05) is 17.0 Å². The van der Waals surface area contributed by atoms with E-state index in [4.69, 9.17) is 16.3 Å². The number of piperazine rings is 1. The minimum Gasteiger partial charge on any atom is -0.493 e. The number of rotatable bonds is 4. The molecule has 0 aliphatic carbocycles. The fourth-order valence-corrected chi connectivity index (χ4v) is 2.68. The van der Waals surface area contributed by atoms with Crippen molar-refractivity contribution in [2.24, 2.45) is 0 Å². The van der Waals surface area contributed by atoms with E-state index < -0.39 is 0 Å². The molecule has 0 bridgehead atoms. The molecule has 1 amide bonds. The third-order valence-corrected chi connectivity index (χ3v) is 3.53. The zero-order valence-electron chi connectivity index (χ0n) is 11.9. The molecule has 2 atom stereocenters. The summed E-state index contributed by atoms with van der Waals surface area (Å²) in [6.07, 6.45) is 0.395. The molecule has 20 heavy (non-hydrogen) atoms. The molecule has 0 aromatic heterocycles. The van der Waals surface area contributed by atoms with Crippen LogP contribution in [0.4, 0.5) is 0 Å². The van der Waals surface area contributed by atoms with Crippen LogP contribution in [-0.4, -0.2) is 42.6 Å². The van der Waals surface area contributed by atoms with Crippen LogP contribution in [0.5, 0.6) is 5.75 Å². The number of carbonyl (C=O) groups is 1. The lowest BCUT2D eigenvalue weighted by atomic mass is 10.1. The predicted octanol–water partition coefficient (Wildman–Crippen LogP) is 2.32. The summed E-state index contributed by atoms with van der Waals surface area (Å²) in [5.41, 5.74) is 0. The Kier molecular flexibility index (Phi) is 5.26. The Morgan fingerprint density at radius 3 is 2.75 bits per heavy atom. The molecule has 1 heterocycles.